The molecule has 0 saturated heterocycles. The minimum atomic E-state index is -0.699. The van der Waals surface area contributed by atoms with E-state index in [-0.39, 0.29) is 5.82 Å². The van der Waals surface area contributed by atoms with E-state index in [1.807, 2.05) is 24.3 Å². The van der Waals surface area contributed by atoms with Crippen LogP contribution >= 0.6 is 15.9 Å². The van der Waals surface area contributed by atoms with Crippen molar-refractivity contribution < 1.29 is 14.2 Å². The number of benzene rings is 2. The van der Waals surface area contributed by atoms with Gasteiger partial charge in [-0.05, 0) is 25.1 Å². The lowest BCUT2D eigenvalue weighted by Crippen LogP contribution is -2.02. The molecule has 19 heavy (non-hydrogen) atoms. The molecule has 0 bridgehead atoms. The quantitative estimate of drug-likeness (QED) is 0.912. The second-order valence-electron chi connectivity index (χ2n) is 4.24. The average molecular weight is 325 g/mol. The van der Waals surface area contributed by atoms with Crippen molar-refractivity contribution in [3.05, 3.63) is 63.9 Å². The first-order chi connectivity index (χ1) is 9.08. The fourth-order valence-electron chi connectivity index (χ4n) is 1.75. The third kappa shape index (κ3) is 3.55. The van der Waals surface area contributed by atoms with Crippen molar-refractivity contribution in [1.29, 1.82) is 0 Å². The normalized spacial score (nSPS) is 12.2. The van der Waals surface area contributed by atoms with Gasteiger partial charge in [-0.2, -0.15) is 0 Å². The maximum absolute atomic E-state index is 13.2. The van der Waals surface area contributed by atoms with E-state index in [1.165, 1.54) is 18.2 Å². The van der Waals surface area contributed by atoms with E-state index >= 15 is 0 Å². The molecule has 0 aliphatic heterocycles. The van der Waals surface area contributed by atoms with Gasteiger partial charge >= 0.3 is 0 Å². The maximum atomic E-state index is 13.2. The highest BCUT2D eigenvalue weighted by Crippen LogP contribution is 2.27. The molecule has 100 valence electrons. The smallest absolute Gasteiger partial charge is 0.128 e. The summed E-state index contributed by atoms with van der Waals surface area (Å²) in [5.41, 5.74) is 1.54. The van der Waals surface area contributed by atoms with Crippen LogP contribution < -0.4 is 4.74 Å². The number of halogens is 2. The molecule has 0 saturated carbocycles. The zero-order chi connectivity index (χ0) is 13.8. The minimum Gasteiger partial charge on any atom is -0.488 e. The van der Waals surface area contributed by atoms with Crippen molar-refractivity contribution in [2.45, 2.75) is 19.6 Å². The molecule has 1 N–H and O–H groups in total. The van der Waals surface area contributed by atoms with E-state index in [2.05, 4.69) is 15.9 Å². The van der Waals surface area contributed by atoms with Gasteiger partial charge < -0.3 is 9.84 Å². The van der Waals surface area contributed by atoms with Crippen LogP contribution in [0.5, 0.6) is 5.75 Å². The monoisotopic (exact) mass is 324 g/mol. The van der Waals surface area contributed by atoms with Crippen LogP contribution in [-0.4, -0.2) is 5.11 Å². The zero-order valence-corrected chi connectivity index (χ0v) is 12.0. The summed E-state index contributed by atoms with van der Waals surface area (Å²) in [5.74, 6) is -0.0164. The summed E-state index contributed by atoms with van der Waals surface area (Å²) in [6.45, 7) is 1.93. The summed E-state index contributed by atoms with van der Waals surface area (Å²) >= 11 is 3.43. The maximum Gasteiger partial charge on any atom is 0.128 e. The van der Waals surface area contributed by atoms with Crippen molar-refractivity contribution in [2.24, 2.45) is 0 Å². The van der Waals surface area contributed by atoms with Crippen LogP contribution in [0.3, 0.4) is 0 Å². The number of aliphatic hydroxyl groups is 1. The molecule has 0 aliphatic carbocycles. The van der Waals surface area contributed by atoms with Gasteiger partial charge in [0, 0.05) is 21.7 Å². The molecule has 2 aromatic carbocycles. The van der Waals surface area contributed by atoms with Crippen molar-refractivity contribution in [2.75, 3.05) is 0 Å². The highest BCUT2D eigenvalue weighted by molar-refractivity contribution is 9.10. The molecule has 1 atom stereocenters. The van der Waals surface area contributed by atoms with Crippen molar-refractivity contribution >= 4 is 15.9 Å². The number of hydrogen-bond donors (Lipinski definition) is 1. The lowest BCUT2D eigenvalue weighted by molar-refractivity contribution is 0.189. The molecule has 0 radical (unpaired) electrons. The van der Waals surface area contributed by atoms with Crippen LogP contribution in [0.1, 0.15) is 24.2 Å². The van der Waals surface area contributed by atoms with E-state index < -0.39 is 6.10 Å². The summed E-state index contributed by atoms with van der Waals surface area (Å²) in [6, 6.07) is 11.8. The Morgan fingerprint density at radius 2 is 2.00 bits per heavy atom. The summed E-state index contributed by atoms with van der Waals surface area (Å²) in [6.07, 6.45) is -0.699. The predicted octanol–water partition coefficient (Wildman–Crippen LogP) is 4.22. The van der Waals surface area contributed by atoms with E-state index in [1.54, 1.807) is 6.92 Å². The van der Waals surface area contributed by atoms with Crippen molar-refractivity contribution in [3.8, 4) is 5.75 Å². The third-order valence-corrected chi connectivity index (χ3v) is 3.54. The van der Waals surface area contributed by atoms with Gasteiger partial charge in [0.15, 0.2) is 0 Å². The summed E-state index contributed by atoms with van der Waals surface area (Å²) in [4.78, 5) is 0. The highest BCUT2D eigenvalue weighted by atomic mass is 79.9. The Hall–Kier alpha value is -1.39. The van der Waals surface area contributed by atoms with Crippen molar-refractivity contribution in [3.63, 3.8) is 0 Å². The SMILES string of the molecule is CC(O)c1ccc(F)cc1OCc1ccccc1Br. The van der Waals surface area contributed by atoms with E-state index in [0.29, 0.717) is 17.9 Å². The van der Waals surface area contributed by atoms with E-state index in [4.69, 9.17) is 4.74 Å². The summed E-state index contributed by atoms with van der Waals surface area (Å²) in [5, 5.41) is 9.64. The zero-order valence-electron chi connectivity index (χ0n) is 10.4. The van der Waals surface area contributed by atoms with Crippen LogP contribution in [-0.2, 0) is 6.61 Å². The van der Waals surface area contributed by atoms with Gasteiger partial charge in [0.05, 0.1) is 6.10 Å². The molecular formula is C15H14BrFO2. The van der Waals surface area contributed by atoms with Crippen molar-refractivity contribution in [1.82, 2.24) is 0 Å². The van der Waals surface area contributed by atoms with Gasteiger partial charge in [-0.3, -0.25) is 0 Å². The molecule has 0 amide bonds. The molecule has 0 fully saturated rings. The number of ether oxygens (including phenoxy) is 1. The third-order valence-electron chi connectivity index (χ3n) is 2.77. The van der Waals surface area contributed by atoms with Gasteiger partial charge in [0.25, 0.3) is 0 Å². The Morgan fingerprint density at radius 3 is 2.68 bits per heavy atom. The highest BCUT2D eigenvalue weighted by Gasteiger charge is 2.11. The number of rotatable bonds is 4. The molecule has 2 aromatic rings. The fourth-order valence-corrected chi connectivity index (χ4v) is 2.15. The van der Waals surface area contributed by atoms with Gasteiger partial charge in [-0.15, -0.1) is 0 Å². The first-order valence-corrected chi connectivity index (χ1v) is 6.71. The molecule has 0 heterocycles. The van der Waals surface area contributed by atoms with Crippen LogP contribution in [0.15, 0.2) is 46.9 Å². The van der Waals surface area contributed by atoms with Crippen LogP contribution in [0.4, 0.5) is 4.39 Å². The molecule has 2 nitrogen and oxygen atoms in total. The molecule has 4 heteroatoms. The van der Waals surface area contributed by atoms with Gasteiger partial charge in [-0.25, -0.2) is 4.39 Å². The summed E-state index contributed by atoms with van der Waals surface area (Å²) < 4.78 is 19.8. The second kappa shape index (κ2) is 6.17. The van der Waals surface area contributed by atoms with Gasteiger partial charge in [0.1, 0.15) is 18.2 Å². The minimum absolute atomic E-state index is 0.310. The van der Waals surface area contributed by atoms with Crippen LogP contribution in [0, 0.1) is 5.82 Å². The van der Waals surface area contributed by atoms with E-state index in [9.17, 15) is 9.50 Å². The standard InChI is InChI=1S/C15H14BrFO2/c1-10(18)13-7-6-12(17)8-15(13)19-9-11-4-2-3-5-14(11)16/h2-8,10,18H,9H2,1H3. The topological polar surface area (TPSA) is 29.5 Å². The molecule has 2 rings (SSSR count). The molecular weight excluding hydrogens is 311 g/mol. The van der Waals surface area contributed by atoms with Gasteiger partial charge in [-0.1, -0.05) is 34.1 Å². The Bertz CT molecular complexity index is 570. The molecule has 0 spiro atoms. The Morgan fingerprint density at radius 1 is 1.26 bits per heavy atom. The Balaban J connectivity index is 2.19. The Kier molecular flexibility index (Phi) is 4.56. The Labute approximate surface area is 120 Å². The first-order valence-electron chi connectivity index (χ1n) is 5.91. The molecule has 1 unspecified atom stereocenters. The lowest BCUT2D eigenvalue weighted by atomic mass is 10.1. The predicted molar refractivity (Wildman–Crippen MR) is 75.5 cm³/mol. The fraction of sp³-hybridized carbons (Fsp3) is 0.200. The van der Waals surface area contributed by atoms with Crippen LogP contribution in [0.2, 0.25) is 0 Å². The number of aliphatic hydroxyl groups excluding tert-OH is 1. The second-order valence-corrected chi connectivity index (χ2v) is 5.09. The first kappa shape index (κ1) is 14.0. The van der Waals surface area contributed by atoms with Gasteiger partial charge in [0.2, 0.25) is 0 Å². The molecule has 0 aromatic heterocycles. The lowest BCUT2D eigenvalue weighted by Gasteiger charge is -2.14. The van der Waals surface area contributed by atoms with Crippen LogP contribution in [0.25, 0.3) is 0 Å². The average Bonchev–Trinajstić information content (AvgIpc) is 2.37. The largest absolute Gasteiger partial charge is 0.488 e. The number of hydrogen-bond acceptors (Lipinski definition) is 2. The summed E-state index contributed by atoms with van der Waals surface area (Å²) in [7, 11) is 0. The van der Waals surface area contributed by atoms with E-state index in [0.717, 1.165) is 10.0 Å². The molecule has 0 aliphatic rings.